The lowest BCUT2D eigenvalue weighted by atomic mass is 10.1. The molecule has 2 nitrogen and oxygen atoms in total. The predicted octanol–water partition coefficient (Wildman–Crippen LogP) is 3.90. The standard InChI is InChI=1S/C16H15BrFNO/c1-19(10-13-4-2-3-5-15(13)18)11-16(20)12-6-8-14(17)9-7-12/h2-9H,10-11H2,1H3. The number of ketones is 1. The van der Waals surface area contributed by atoms with Gasteiger partial charge in [-0.05, 0) is 25.2 Å². The molecular formula is C16H15BrFNO. The molecule has 20 heavy (non-hydrogen) atoms. The lowest BCUT2D eigenvalue weighted by molar-refractivity contribution is 0.0942. The van der Waals surface area contributed by atoms with Gasteiger partial charge in [-0.15, -0.1) is 0 Å². The van der Waals surface area contributed by atoms with Crippen LogP contribution < -0.4 is 0 Å². The van der Waals surface area contributed by atoms with Crippen molar-refractivity contribution < 1.29 is 9.18 Å². The van der Waals surface area contributed by atoms with Crippen LogP contribution >= 0.6 is 15.9 Å². The van der Waals surface area contributed by atoms with Crippen molar-refractivity contribution in [2.24, 2.45) is 0 Å². The van der Waals surface area contributed by atoms with Crippen molar-refractivity contribution in [1.82, 2.24) is 4.90 Å². The fourth-order valence-corrected chi connectivity index (χ4v) is 2.21. The van der Waals surface area contributed by atoms with E-state index in [4.69, 9.17) is 0 Å². The Labute approximate surface area is 126 Å². The number of Topliss-reactive ketones (excluding diaryl/α,β-unsaturated/α-hetero) is 1. The molecule has 0 radical (unpaired) electrons. The summed E-state index contributed by atoms with van der Waals surface area (Å²) in [6.07, 6.45) is 0. The highest BCUT2D eigenvalue weighted by Gasteiger charge is 2.11. The quantitative estimate of drug-likeness (QED) is 0.772. The van der Waals surface area contributed by atoms with Crippen molar-refractivity contribution >= 4 is 21.7 Å². The van der Waals surface area contributed by atoms with Crippen LogP contribution in [0.1, 0.15) is 15.9 Å². The van der Waals surface area contributed by atoms with Crippen LogP contribution in [0.4, 0.5) is 4.39 Å². The summed E-state index contributed by atoms with van der Waals surface area (Å²) >= 11 is 3.33. The zero-order valence-electron chi connectivity index (χ0n) is 11.1. The smallest absolute Gasteiger partial charge is 0.176 e. The molecule has 2 aromatic rings. The van der Waals surface area contributed by atoms with Crippen LogP contribution in [-0.2, 0) is 6.54 Å². The molecule has 0 aliphatic heterocycles. The van der Waals surface area contributed by atoms with Crippen molar-refractivity contribution in [2.45, 2.75) is 6.54 Å². The number of likely N-dealkylation sites (N-methyl/N-ethyl adjacent to an activating group) is 1. The second-order valence-corrected chi connectivity index (χ2v) is 5.61. The molecule has 0 N–H and O–H groups in total. The van der Waals surface area contributed by atoms with Gasteiger partial charge in [-0.2, -0.15) is 0 Å². The minimum atomic E-state index is -0.240. The van der Waals surface area contributed by atoms with Crippen molar-refractivity contribution in [3.05, 3.63) is 69.9 Å². The summed E-state index contributed by atoms with van der Waals surface area (Å²) in [6, 6.07) is 13.9. The number of benzene rings is 2. The third-order valence-electron chi connectivity index (χ3n) is 2.98. The van der Waals surface area contributed by atoms with Crippen LogP contribution in [0.15, 0.2) is 53.0 Å². The Kier molecular flexibility index (Phi) is 5.04. The van der Waals surface area contributed by atoms with Crippen LogP contribution in [-0.4, -0.2) is 24.3 Å². The molecule has 0 aromatic heterocycles. The fourth-order valence-electron chi connectivity index (χ4n) is 1.95. The first-order valence-corrected chi connectivity index (χ1v) is 7.06. The van der Waals surface area contributed by atoms with E-state index in [0.717, 1.165) is 4.47 Å². The highest BCUT2D eigenvalue weighted by molar-refractivity contribution is 9.10. The minimum absolute atomic E-state index is 0.0244. The molecule has 0 atom stereocenters. The molecule has 0 bridgehead atoms. The number of hydrogen-bond donors (Lipinski definition) is 0. The zero-order valence-corrected chi connectivity index (χ0v) is 12.7. The SMILES string of the molecule is CN(CC(=O)c1ccc(Br)cc1)Cc1ccccc1F. The number of carbonyl (C=O) groups is 1. The monoisotopic (exact) mass is 335 g/mol. The third kappa shape index (κ3) is 3.99. The number of nitrogens with zero attached hydrogens (tertiary/aromatic N) is 1. The molecule has 0 saturated carbocycles. The normalized spacial score (nSPS) is 10.8. The summed E-state index contributed by atoms with van der Waals surface area (Å²) in [6.45, 7) is 0.672. The first-order chi connectivity index (χ1) is 9.56. The highest BCUT2D eigenvalue weighted by Crippen LogP contribution is 2.12. The number of hydrogen-bond acceptors (Lipinski definition) is 2. The molecule has 0 aliphatic rings. The zero-order chi connectivity index (χ0) is 14.5. The average Bonchev–Trinajstić information content (AvgIpc) is 2.42. The van der Waals surface area contributed by atoms with E-state index >= 15 is 0 Å². The van der Waals surface area contributed by atoms with Gasteiger partial charge in [0.25, 0.3) is 0 Å². The molecule has 0 saturated heterocycles. The van der Waals surface area contributed by atoms with Crippen molar-refractivity contribution in [3.63, 3.8) is 0 Å². The lowest BCUT2D eigenvalue weighted by Crippen LogP contribution is -2.26. The van der Waals surface area contributed by atoms with Gasteiger partial charge in [0.15, 0.2) is 5.78 Å². The molecule has 4 heteroatoms. The number of halogens is 2. The van der Waals surface area contributed by atoms with Gasteiger partial charge in [-0.1, -0.05) is 46.3 Å². The van der Waals surface area contributed by atoms with E-state index in [0.29, 0.717) is 17.7 Å². The Morgan fingerprint density at radius 1 is 1.15 bits per heavy atom. The van der Waals surface area contributed by atoms with E-state index in [1.807, 2.05) is 24.1 Å². The van der Waals surface area contributed by atoms with Crippen LogP contribution in [0.3, 0.4) is 0 Å². The van der Waals surface area contributed by atoms with E-state index in [1.165, 1.54) is 6.07 Å². The molecular weight excluding hydrogens is 321 g/mol. The summed E-state index contributed by atoms with van der Waals surface area (Å²) in [4.78, 5) is 13.9. The molecule has 104 valence electrons. The van der Waals surface area contributed by atoms with Crippen molar-refractivity contribution in [2.75, 3.05) is 13.6 Å². The van der Waals surface area contributed by atoms with Crippen LogP contribution in [0, 0.1) is 5.82 Å². The molecule has 0 aliphatic carbocycles. The Balaban J connectivity index is 1.98. The molecule has 0 fully saturated rings. The molecule has 2 aromatic carbocycles. The first-order valence-electron chi connectivity index (χ1n) is 6.27. The van der Waals surface area contributed by atoms with E-state index in [9.17, 15) is 9.18 Å². The Morgan fingerprint density at radius 3 is 2.45 bits per heavy atom. The Hall–Kier alpha value is -1.52. The van der Waals surface area contributed by atoms with E-state index < -0.39 is 0 Å². The summed E-state index contributed by atoms with van der Waals surface area (Å²) in [5, 5.41) is 0. The van der Waals surface area contributed by atoms with Crippen molar-refractivity contribution in [1.29, 1.82) is 0 Å². The molecule has 0 spiro atoms. The minimum Gasteiger partial charge on any atom is -0.294 e. The summed E-state index contributed by atoms with van der Waals surface area (Å²) < 4.78 is 14.5. The molecule has 2 rings (SSSR count). The number of carbonyl (C=O) groups excluding carboxylic acids is 1. The van der Waals surface area contributed by atoms with Gasteiger partial charge in [0.1, 0.15) is 5.82 Å². The maximum absolute atomic E-state index is 13.5. The van der Waals surface area contributed by atoms with Gasteiger partial charge >= 0.3 is 0 Å². The average molecular weight is 336 g/mol. The Bertz CT molecular complexity index is 598. The van der Waals surface area contributed by atoms with Gasteiger partial charge in [-0.25, -0.2) is 4.39 Å². The van der Waals surface area contributed by atoms with E-state index in [-0.39, 0.29) is 18.1 Å². The largest absolute Gasteiger partial charge is 0.294 e. The maximum atomic E-state index is 13.5. The van der Waals surface area contributed by atoms with Crippen LogP contribution in [0.2, 0.25) is 0 Å². The molecule has 0 amide bonds. The van der Waals surface area contributed by atoms with Gasteiger partial charge in [0.05, 0.1) is 6.54 Å². The topological polar surface area (TPSA) is 20.3 Å². The second kappa shape index (κ2) is 6.77. The van der Waals surface area contributed by atoms with Crippen molar-refractivity contribution in [3.8, 4) is 0 Å². The fraction of sp³-hybridized carbons (Fsp3) is 0.188. The van der Waals surface area contributed by atoms with Gasteiger partial charge in [0.2, 0.25) is 0 Å². The summed E-state index contributed by atoms with van der Waals surface area (Å²) in [7, 11) is 1.81. The predicted molar refractivity (Wildman–Crippen MR) is 81.2 cm³/mol. The van der Waals surface area contributed by atoms with Crippen LogP contribution in [0.5, 0.6) is 0 Å². The highest BCUT2D eigenvalue weighted by atomic mass is 79.9. The Morgan fingerprint density at radius 2 is 1.80 bits per heavy atom. The number of rotatable bonds is 5. The third-order valence-corrected chi connectivity index (χ3v) is 3.51. The van der Waals surface area contributed by atoms with Gasteiger partial charge in [-0.3, -0.25) is 9.69 Å². The molecule has 0 unspecified atom stereocenters. The van der Waals surface area contributed by atoms with E-state index in [1.54, 1.807) is 30.3 Å². The van der Waals surface area contributed by atoms with Gasteiger partial charge in [0, 0.05) is 22.1 Å². The summed E-state index contributed by atoms with van der Waals surface area (Å²) in [5.74, 6) is -0.216. The molecule has 0 heterocycles. The summed E-state index contributed by atoms with van der Waals surface area (Å²) in [5.41, 5.74) is 1.26. The second-order valence-electron chi connectivity index (χ2n) is 4.69. The van der Waals surface area contributed by atoms with Crippen LogP contribution in [0.25, 0.3) is 0 Å². The first kappa shape index (κ1) is 14.9. The van der Waals surface area contributed by atoms with Gasteiger partial charge < -0.3 is 0 Å². The van der Waals surface area contributed by atoms with E-state index in [2.05, 4.69) is 15.9 Å². The lowest BCUT2D eigenvalue weighted by Gasteiger charge is -2.16. The maximum Gasteiger partial charge on any atom is 0.176 e.